The van der Waals surface area contributed by atoms with Crippen LogP contribution in [0.1, 0.15) is 46.0 Å². The van der Waals surface area contributed by atoms with Crippen molar-refractivity contribution >= 4 is 5.97 Å². The largest absolute Gasteiger partial charge is 0.481 e. The number of aliphatic carboxylic acids is 1. The number of carboxylic acids is 1. The van der Waals surface area contributed by atoms with Crippen LogP contribution in [0.3, 0.4) is 0 Å². The zero-order valence-corrected chi connectivity index (χ0v) is 9.83. The number of carbonyl (C=O) groups is 1. The predicted molar refractivity (Wildman–Crippen MR) is 60.8 cm³/mol. The molecule has 1 saturated carbocycles. The van der Waals surface area contributed by atoms with Crippen LogP contribution in [-0.2, 0) is 4.79 Å². The Morgan fingerprint density at radius 2 is 2.20 bits per heavy atom. The summed E-state index contributed by atoms with van der Waals surface area (Å²) in [6.45, 7) is 5.44. The quantitative estimate of drug-likeness (QED) is 0.736. The molecule has 2 atom stereocenters. The molecule has 0 aromatic carbocycles. The van der Waals surface area contributed by atoms with Crippen LogP contribution in [0.5, 0.6) is 0 Å². The maximum Gasteiger partial charge on any atom is 0.306 e. The smallest absolute Gasteiger partial charge is 0.306 e. The van der Waals surface area contributed by atoms with Crippen molar-refractivity contribution in [2.75, 3.05) is 6.54 Å². The molecule has 3 nitrogen and oxygen atoms in total. The predicted octanol–water partition coefficient (Wildman–Crippen LogP) is 2.27. The van der Waals surface area contributed by atoms with Gasteiger partial charge in [-0.05, 0) is 38.1 Å². The number of hydrogen-bond acceptors (Lipinski definition) is 2. The van der Waals surface area contributed by atoms with Crippen LogP contribution < -0.4 is 5.32 Å². The van der Waals surface area contributed by atoms with E-state index in [-0.39, 0.29) is 5.92 Å². The van der Waals surface area contributed by atoms with Crippen LogP contribution in [0.4, 0.5) is 0 Å². The van der Waals surface area contributed by atoms with Gasteiger partial charge in [-0.3, -0.25) is 4.79 Å². The summed E-state index contributed by atoms with van der Waals surface area (Å²) >= 11 is 0. The van der Waals surface area contributed by atoms with E-state index in [1.807, 2.05) is 0 Å². The minimum Gasteiger partial charge on any atom is -0.481 e. The SMILES string of the molecule is CC(C)CCNC1CCCC(C(=O)O)C1. The van der Waals surface area contributed by atoms with Gasteiger partial charge >= 0.3 is 5.97 Å². The van der Waals surface area contributed by atoms with E-state index in [0.29, 0.717) is 6.04 Å². The average Bonchev–Trinajstić information content (AvgIpc) is 2.17. The molecule has 0 aliphatic heterocycles. The second kappa shape index (κ2) is 6.11. The first-order chi connectivity index (χ1) is 7.09. The lowest BCUT2D eigenvalue weighted by Crippen LogP contribution is -2.37. The third-order valence-electron chi connectivity index (χ3n) is 3.18. The summed E-state index contributed by atoms with van der Waals surface area (Å²) in [4.78, 5) is 10.9. The summed E-state index contributed by atoms with van der Waals surface area (Å²) < 4.78 is 0. The summed E-state index contributed by atoms with van der Waals surface area (Å²) in [6, 6.07) is 0.429. The monoisotopic (exact) mass is 213 g/mol. The third-order valence-corrected chi connectivity index (χ3v) is 3.18. The molecule has 0 saturated heterocycles. The molecule has 2 N–H and O–H groups in total. The minimum absolute atomic E-state index is 0.115. The Bertz CT molecular complexity index is 204. The van der Waals surface area contributed by atoms with Crippen LogP contribution in [0.25, 0.3) is 0 Å². The van der Waals surface area contributed by atoms with Crippen LogP contribution in [-0.4, -0.2) is 23.7 Å². The average molecular weight is 213 g/mol. The molecule has 1 fully saturated rings. The van der Waals surface area contributed by atoms with Gasteiger partial charge < -0.3 is 10.4 Å². The van der Waals surface area contributed by atoms with E-state index in [4.69, 9.17) is 5.11 Å². The highest BCUT2D eigenvalue weighted by molar-refractivity contribution is 5.70. The van der Waals surface area contributed by atoms with E-state index in [1.54, 1.807) is 0 Å². The molecule has 0 heterocycles. The lowest BCUT2D eigenvalue weighted by atomic mass is 9.86. The van der Waals surface area contributed by atoms with Gasteiger partial charge in [0, 0.05) is 6.04 Å². The first-order valence-corrected chi connectivity index (χ1v) is 6.05. The van der Waals surface area contributed by atoms with Crippen molar-refractivity contribution in [3.63, 3.8) is 0 Å². The minimum atomic E-state index is -0.620. The number of carboxylic acid groups (broad SMARTS) is 1. The molecular weight excluding hydrogens is 190 g/mol. The molecule has 1 aliphatic carbocycles. The summed E-state index contributed by atoms with van der Waals surface area (Å²) in [6.07, 6.45) is 5.04. The molecule has 1 rings (SSSR count). The van der Waals surface area contributed by atoms with Gasteiger partial charge in [0.1, 0.15) is 0 Å². The second-order valence-corrected chi connectivity index (χ2v) is 5.04. The van der Waals surface area contributed by atoms with Gasteiger partial charge in [0.25, 0.3) is 0 Å². The third kappa shape index (κ3) is 4.65. The van der Waals surface area contributed by atoms with Crippen molar-refractivity contribution in [1.82, 2.24) is 5.32 Å². The number of hydrogen-bond donors (Lipinski definition) is 2. The molecule has 0 bridgehead atoms. The highest BCUT2D eigenvalue weighted by Crippen LogP contribution is 2.24. The van der Waals surface area contributed by atoms with E-state index in [1.165, 1.54) is 6.42 Å². The van der Waals surface area contributed by atoms with Crippen molar-refractivity contribution < 1.29 is 9.90 Å². The molecule has 0 radical (unpaired) electrons. The summed E-state index contributed by atoms with van der Waals surface area (Å²) in [5.41, 5.74) is 0. The topological polar surface area (TPSA) is 49.3 Å². The van der Waals surface area contributed by atoms with E-state index in [9.17, 15) is 4.79 Å². The van der Waals surface area contributed by atoms with Crippen molar-refractivity contribution in [2.24, 2.45) is 11.8 Å². The van der Waals surface area contributed by atoms with Crippen molar-refractivity contribution in [3.8, 4) is 0 Å². The van der Waals surface area contributed by atoms with E-state index < -0.39 is 5.97 Å². The second-order valence-electron chi connectivity index (χ2n) is 5.04. The fourth-order valence-corrected chi connectivity index (χ4v) is 2.18. The highest BCUT2D eigenvalue weighted by atomic mass is 16.4. The maximum absolute atomic E-state index is 10.9. The first kappa shape index (κ1) is 12.5. The standard InChI is InChI=1S/C12H23NO2/c1-9(2)6-7-13-11-5-3-4-10(8-11)12(14)15/h9-11,13H,3-8H2,1-2H3,(H,14,15). The molecule has 0 aromatic rings. The van der Waals surface area contributed by atoms with Crippen LogP contribution in [0.15, 0.2) is 0 Å². The van der Waals surface area contributed by atoms with E-state index >= 15 is 0 Å². The zero-order valence-electron chi connectivity index (χ0n) is 9.83. The van der Waals surface area contributed by atoms with E-state index in [2.05, 4.69) is 19.2 Å². The molecule has 88 valence electrons. The Balaban J connectivity index is 2.21. The van der Waals surface area contributed by atoms with Gasteiger partial charge in [-0.15, -0.1) is 0 Å². The Labute approximate surface area is 92.3 Å². The summed E-state index contributed by atoms with van der Waals surface area (Å²) in [7, 11) is 0. The molecule has 3 heteroatoms. The van der Waals surface area contributed by atoms with Crippen molar-refractivity contribution in [1.29, 1.82) is 0 Å². The van der Waals surface area contributed by atoms with Crippen molar-refractivity contribution in [2.45, 2.75) is 52.0 Å². The molecule has 0 spiro atoms. The molecular formula is C12H23NO2. The van der Waals surface area contributed by atoms with Crippen LogP contribution in [0.2, 0.25) is 0 Å². The fraction of sp³-hybridized carbons (Fsp3) is 0.917. The van der Waals surface area contributed by atoms with Gasteiger partial charge in [0.05, 0.1) is 5.92 Å². The maximum atomic E-state index is 10.9. The molecule has 2 unspecified atom stereocenters. The molecule has 0 aromatic heterocycles. The zero-order chi connectivity index (χ0) is 11.3. The molecule has 0 amide bonds. The summed E-state index contributed by atoms with van der Waals surface area (Å²) in [5.74, 6) is -0.0166. The van der Waals surface area contributed by atoms with Crippen molar-refractivity contribution in [3.05, 3.63) is 0 Å². The number of rotatable bonds is 5. The van der Waals surface area contributed by atoms with Gasteiger partial charge in [0.15, 0.2) is 0 Å². The Hall–Kier alpha value is -0.570. The fourth-order valence-electron chi connectivity index (χ4n) is 2.18. The van der Waals surface area contributed by atoms with Crippen LogP contribution in [0, 0.1) is 11.8 Å². The lowest BCUT2D eigenvalue weighted by molar-refractivity contribution is -0.143. The van der Waals surface area contributed by atoms with E-state index in [0.717, 1.165) is 38.1 Å². The highest BCUT2D eigenvalue weighted by Gasteiger charge is 2.26. The van der Waals surface area contributed by atoms with Crippen LogP contribution >= 0.6 is 0 Å². The Morgan fingerprint density at radius 3 is 2.80 bits per heavy atom. The summed E-state index contributed by atoms with van der Waals surface area (Å²) in [5, 5.41) is 12.4. The number of nitrogens with one attached hydrogen (secondary N) is 1. The van der Waals surface area contributed by atoms with Gasteiger partial charge in [0.2, 0.25) is 0 Å². The Morgan fingerprint density at radius 1 is 1.47 bits per heavy atom. The normalized spacial score (nSPS) is 26.9. The van der Waals surface area contributed by atoms with Gasteiger partial charge in [-0.2, -0.15) is 0 Å². The van der Waals surface area contributed by atoms with Gasteiger partial charge in [-0.1, -0.05) is 20.3 Å². The molecule has 15 heavy (non-hydrogen) atoms. The lowest BCUT2D eigenvalue weighted by Gasteiger charge is -2.27. The van der Waals surface area contributed by atoms with Gasteiger partial charge in [-0.25, -0.2) is 0 Å². The Kier molecular flexibility index (Phi) is 5.09. The first-order valence-electron chi connectivity index (χ1n) is 6.05. The molecule has 1 aliphatic rings.